The van der Waals surface area contributed by atoms with Crippen LogP contribution in [0.25, 0.3) is 0 Å². The molecule has 30 heavy (non-hydrogen) atoms. The zero-order valence-electron chi connectivity index (χ0n) is 15.6. The predicted molar refractivity (Wildman–Crippen MR) is 101 cm³/mol. The molecule has 0 aliphatic carbocycles. The van der Waals surface area contributed by atoms with E-state index in [0.29, 0.717) is 11.3 Å². The summed E-state index contributed by atoms with van der Waals surface area (Å²) in [5.41, 5.74) is 1.82. The number of nitrogens with zero attached hydrogens (tertiary/aromatic N) is 1. The van der Waals surface area contributed by atoms with Gasteiger partial charge in [0.25, 0.3) is 0 Å². The standard InChI is InChI=1S/C21H15F5N2O2/c1-29-14-9-5-8-13(21(14)30-11-12-6-3-2-4-7-12)10-27-28-20-18(25)16(23)15(22)17(24)19(20)26/h2-10,28H,11H2,1H3/b27-10-. The summed E-state index contributed by atoms with van der Waals surface area (Å²) >= 11 is 0. The Morgan fingerprint density at radius 1 is 0.833 bits per heavy atom. The summed E-state index contributed by atoms with van der Waals surface area (Å²) in [5.74, 6) is -9.77. The van der Waals surface area contributed by atoms with Gasteiger partial charge >= 0.3 is 0 Å². The van der Waals surface area contributed by atoms with Crippen LogP contribution < -0.4 is 14.9 Å². The number of benzene rings is 3. The Morgan fingerprint density at radius 2 is 1.47 bits per heavy atom. The molecule has 0 amide bonds. The van der Waals surface area contributed by atoms with E-state index in [4.69, 9.17) is 9.47 Å². The second-order valence-electron chi connectivity index (χ2n) is 5.97. The van der Waals surface area contributed by atoms with E-state index in [2.05, 4.69) is 5.10 Å². The molecule has 0 heterocycles. The zero-order valence-corrected chi connectivity index (χ0v) is 15.6. The second-order valence-corrected chi connectivity index (χ2v) is 5.97. The highest BCUT2D eigenvalue weighted by Gasteiger charge is 2.25. The molecule has 0 aliphatic rings. The minimum absolute atomic E-state index is 0.202. The van der Waals surface area contributed by atoms with Crippen molar-refractivity contribution < 1.29 is 31.4 Å². The topological polar surface area (TPSA) is 42.8 Å². The van der Waals surface area contributed by atoms with E-state index < -0.39 is 34.8 Å². The van der Waals surface area contributed by atoms with Crippen LogP contribution in [0.2, 0.25) is 0 Å². The molecule has 3 aromatic rings. The fraction of sp³-hybridized carbons (Fsp3) is 0.0952. The van der Waals surface area contributed by atoms with Gasteiger partial charge in [0, 0.05) is 5.56 Å². The first-order valence-corrected chi connectivity index (χ1v) is 8.58. The monoisotopic (exact) mass is 422 g/mol. The SMILES string of the molecule is COc1cccc(/C=N\Nc2c(F)c(F)c(F)c(F)c2F)c1OCc1ccccc1. The van der Waals surface area contributed by atoms with Gasteiger partial charge in [-0.15, -0.1) is 0 Å². The van der Waals surface area contributed by atoms with Gasteiger partial charge in [0.15, 0.2) is 34.8 Å². The molecule has 0 aromatic heterocycles. The minimum Gasteiger partial charge on any atom is -0.493 e. The van der Waals surface area contributed by atoms with Crippen LogP contribution in [-0.2, 0) is 6.61 Å². The molecule has 3 rings (SSSR count). The molecule has 0 atom stereocenters. The Morgan fingerprint density at radius 3 is 2.10 bits per heavy atom. The van der Waals surface area contributed by atoms with Crippen LogP contribution in [-0.4, -0.2) is 13.3 Å². The number of para-hydroxylation sites is 1. The Hall–Kier alpha value is -3.62. The fourth-order valence-electron chi connectivity index (χ4n) is 2.55. The highest BCUT2D eigenvalue weighted by molar-refractivity contribution is 5.85. The van der Waals surface area contributed by atoms with Crippen molar-refractivity contribution in [3.8, 4) is 11.5 Å². The van der Waals surface area contributed by atoms with E-state index in [-0.39, 0.29) is 12.4 Å². The zero-order chi connectivity index (χ0) is 21.7. The molecular weight excluding hydrogens is 407 g/mol. The average molecular weight is 422 g/mol. The maximum Gasteiger partial charge on any atom is 0.200 e. The lowest BCUT2D eigenvalue weighted by Gasteiger charge is -2.13. The maximum atomic E-state index is 13.7. The van der Waals surface area contributed by atoms with Crippen molar-refractivity contribution in [2.75, 3.05) is 12.5 Å². The number of ether oxygens (including phenoxy) is 2. The quantitative estimate of drug-likeness (QED) is 0.182. The third-order valence-electron chi connectivity index (χ3n) is 4.05. The number of halogens is 5. The minimum atomic E-state index is -2.25. The van der Waals surface area contributed by atoms with E-state index >= 15 is 0 Å². The normalized spacial score (nSPS) is 11.0. The molecule has 0 radical (unpaired) electrons. The van der Waals surface area contributed by atoms with Crippen molar-refractivity contribution >= 4 is 11.9 Å². The third kappa shape index (κ3) is 4.35. The molecule has 4 nitrogen and oxygen atoms in total. The highest BCUT2D eigenvalue weighted by Crippen LogP contribution is 2.31. The van der Waals surface area contributed by atoms with Crippen LogP contribution in [0.1, 0.15) is 11.1 Å². The molecular formula is C21H15F5N2O2. The fourth-order valence-corrected chi connectivity index (χ4v) is 2.55. The van der Waals surface area contributed by atoms with Crippen molar-refractivity contribution in [1.29, 1.82) is 0 Å². The summed E-state index contributed by atoms with van der Waals surface area (Å²) in [6.07, 6.45) is 1.11. The summed E-state index contributed by atoms with van der Waals surface area (Å²) in [6.45, 7) is 0.202. The molecule has 156 valence electrons. The van der Waals surface area contributed by atoms with Gasteiger partial charge in [-0.05, 0) is 17.7 Å². The van der Waals surface area contributed by atoms with Crippen molar-refractivity contribution in [2.45, 2.75) is 6.61 Å². The third-order valence-corrected chi connectivity index (χ3v) is 4.05. The van der Waals surface area contributed by atoms with Crippen LogP contribution in [0.4, 0.5) is 27.6 Å². The van der Waals surface area contributed by atoms with Gasteiger partial charge in [-0.25, -0.2) is 22.0 Å². The Kier molecular flexibility index (Phi) is 6.51. The van der Waals surface area contributed by atoms with Crippen molar-refractivity contribution in [3.63, 3.8) is 0 Å². The van der Waals surface area contributed by atoms with E-state index in [9.17, 15) is 22.0 Å². The smallest absolute Gasteiger partial charge is 0.200 e. The van der Waals surface area contributed by atoms with E-state index in [1.54, 1.807) is 18.2 Å². The van der Waals surface area contributed by atoms with Crippen LogP contribution in [0.3, 0.4) is 0 Å². The van der Waals surface area contributed by atoms with E-state index in [1.807, 2.05) is 35.8 Å². The van der Waals surface area contributed by atoms with Gasteiger partial charge < -0.3 is 9.47 Å². The number of anilines is 1. The van der Waals surface area contributed by atoms with Gasteiger partial charge in [0.05, 0.1) is 13.3 Å². The Balaban J connectivity index is 1.86. The summed E-state index contributed by atoms with van der Waals surface area (Å²) in [7, 11) is 1.43. The number of hydrazone groups is 1. The lowest BCUT2D eigenvalue weighted by atomic mass is 10.2. The van der Waals surface area contributed by atoms with Crippen LogP contribution in [0.5, 0.6) is 11.5 Å². The molecule has 0 aliphatic heterocycles. The molecule has 3 aromatic carbocycles. The Bertz CT molecular complexity index is 1050. The molecule has 0 saturated heterocycles. The van der Waals surface area contributed by atoms with Crippen molar-refractivity contribution in [2.24, 2.45) is 5.10 Å². The van der Waals surface area contributed by atoms with Crippen molar-refractivity contribution in [1.82, 2.24) is 0 Å². The van der Waals surface area contributed by atoms with Gasteiger partial charge in [-0.3, -0.25) is 5.43 Å². The number of nitrogens with one attached hydrogen (secondary N) is 1. The first-order valence-electron chi connectivity index (χ1n) is 8.58. The van der Waals surface area contributed by atoms with Crippen molar-refractivity contribution in [3.05, 3.63) is 88.7 Å². The largest absolute Gasteiger partial charge is 0.493 e. The number of methoxy groups -OCH3 is 1. The predicted octanol–water partition coefficient (Wildman–Crippen LogP) is 5.42. The number of hydrogen-bond acceptors (Lipinski definition) is 4. The summed E-state index contributed by atoms with van der Waals surface area (Å²) < 4.78 is 78.2. The van der Waals surface area contributed by atoms with Gasteiger partial charge in [0.2, 0.25) is 5.82 Å². The van der Waals surface area contributed by atoms with Gasteiger partial charge in [0.1, 0.15) is 12.3 Å². The highest BCUT2D eigenvalue weighted by atomic mass is 19.2. The summed E-state index contributed by atoms with van der Waals surface area (Å²) in [6, 6.07) is 14.1. The molecule has 0 fully saturated rings. The lowest BCUT2D eigenvalue weighted by Crippen LogP contribution is -2.07. The summed E-state index contributed by atoms with van der Waals surface area (Å²) in [5, 5.41) is 3.59. The molecule has 0 bridgehead atoms. The average Bonchev–Trinajstić information content (AvgIpc) is 2.78. The van der Waals surface area contributed by atoms with Gasteiger partial charge in [-0.1, -0.05) is 36.4 Å². The number of rotatable bonds is 7. The molecule has 0 spiro atoms. The van der Waals surface area contributed by atoms with Crippen LogP contribution in [0, 0.1) is 29.1 Å². The Labute approximate surface area is 168 Å². The maximum absolute atomic E-state index is 13.7. The van der Waals surface area contributed by atoms with E-state index in [1.165, 1.54) is 7.11 Å². The van der Waals surface area contributed by atoms with Crippen LogP contribution in [0.15, 0.2) is 53.6 Å². The lowest BCUT2D eigenvalue weighted by molar-refractivity contribution is 0.284. The first kappa shape index (κ1) is 21.1. The molecule has 0 saturated carbocycles. The molecule has 9 heteroatoms. The van der Waals surface area contributed by atoms with E-state index in [0.717, 1.165) is 11.8 Å². The first-order chi connectivity index (χ1) is 14.4. The van der Waals surface area contributed by atoms with Gasteiger partial charge in [-0.2, -0.15) is 5.10 Å². The molecule has 1 N–H and O–H groups in total. The summed E-state index contributed by atoms with van der Waals surface area (Å²) in [4.78, 5) is 0. The second kappa shape index (κ2) is 9.25. The number of hydrogen-bond donors (Lipinski definition) is 1. The molecule has 0 unspecified atom stereocenters. The van der Waals surface area contributed by atoms with Crippen LogP contribution >= 0.6 is 0 Å².